The Labute approximate surface area is 221 Å². The van der Waals surface area contributed by atoms with Crippen molar-refractivity contribution in [2.45, 2.75) is 57.1 Å². The number of aromatic amines is 1. The van der Waals surface area contributed by atoms with Crippen LogP contribution >= 0.6 is 11.8 Å². The lowest BCUT2D eigenvalue weighted by Gasteiger charge is -2.23. The van der Waals surface area contributed by atoms with E-state index in [9.17, 15) is 19.2 Å². The molecule has 1 saturated heterocycles. The van der Waals surface area contributed by atoms with E-state index in [1.165, 1.54) is 43.4 Å². The van der Waals surface area contributed by atoms with Crippen molar-refractivity contribution in [1.82, 2.24) is 19.5 Å². The summed E-state index contributed by atoms with van der Waals surface area (Å²) < 4.78 is 23.4. The summed E-state index contributed by atoms with van der Waals surface area (Å²) in [4.78, 5) is 60.2. The Morgan fingerprint density at radius 2 is 1.76 bits per heavy atom. The van der Waals surface area contributed by atoms with Crippen LogP contribution in [-0.2, 0) is 33.3 Å². The van der Waals surface area contributed by atoms with Gasteiger partial charge < -0.3 is 24.3 Å². The number of nitrogens with zero attached hydrogens (tertiary/aromatic N) is 3. The Morgan fingerprint density at radius 1 is 1.08 bits per heavy atom. The second-order valence-electron chi connectivity index (χ2n) is 8.53. The third-order valence-corrected chi connectivity index (χ3v) is 6.44. The highest BCUT2D eigenvalue weighted by Gasteiger charge is 2.51. The van der Waals surface area contributed by atoms with E-state index in [0.29, 0.717) is 5.88 Å². The van der Waals surface area contributed by atoms with Crippen LogP contribution < -0.4 is 10.9 Å². The number of hydrogen-bond donors (Lipinski definition) is 2. The first kappa shape index (κ1) is 27.1. The van der Waals surface area contributed by atoms with E-state index in [0.717, 1.165) is 10.5 Å². The number of thioether (sulfide) groups is 1. The largest absolute Gasteiger partial charge is 0.463 e. The molecule has 14 heteroatoms. The maximum atomic E-state index is 12.7. The van der Waals surface area contributed by atoms with Crippen LogP contribution in [0.5, 0.6) is 0 Å². The smallest absolute Gasteiger partial charge is 0.303 e. The fraction of sp³-hybridized carbons (Fsp3) is 0.417. The molecule has 0 aliphatic carbocycles. The summed E-state index contributed by atoms with van der Waals surface area (Å²) >= 11 is 1.52. The topological polar surface area (TPSA) is 164 Å². The molecule has 1 aliphatic rings. The van der Waals surface area contributed by atoms with Crippen LogP contribution in [0.15, 0.2) is 40.3 Å². The fourth-order valence-corrected chi connectivity index (χ4v) is 4.64. The molecule has 202 valence electrons. The molecule has 3 aromatic rings. The molecule has 0 bridgehead atoms. The number of imidazole rings is 1. The minimum atomic E-state index is -1.14. The van der Waals surface area contributed by atoms with E-state index in [2.05, 4.69) is 20.3 Å². The van der Waals surface area contributed by atoms with Gasteiger partial charge in [-0.15, -0.1) is 11.8 Å². The summed E-state index contributed by atoms with van der Waals surface area (Å²) in [6.45, 7) is 5.37. The van der Waals surface area contributed by atoms with Crippen molar-refractivity contribution in [1.29, 1.82) is 0 Å². The lowest BCUT2D eigenvalue weighted by Crippen LogP contribution is -2.40. The van der Waals surface area contributed by atoms with Gasteiger partial charge in [0, 0.05) is 25.7 Å². The maximum Gasteiger partial charge on any atom is 0.303 e. The molecule has 4 rings (SSSR count). The number of esters is 3. The van der Waals surface area contributed by atoms with Crippen LogP contribution in [0.2, 0.25) is 0 Å². The molecule has 2 N–H and O–H groups in total. The van der Waals surface area contributed by atoms with Gasteiger partial charge in [0.25, 0.3) is 5.56 Å². The molecule has 1 aliphatic heterocycles. The first-order valence-corrected chi connectivity index (χ1v) is 12.6. The second-order valence-corrected chi connectivity index (χ2v) is 9.58. The lowest BCUT2D eigenvalue weighted by atomic mass is 10.1. The van der Waals surface area contributed by atoms with Gasteiger partial charge in [0.1, 0.15) is 12.7 Å². The molecule has 0 amide bonds. The number of ether oxygens (including phenoxy) is 4. The molecule has 13 nitrogen and oxygen atoms in total. The van der Waals surface area contributed by atoms with Crippen LogP contribution in [0.4, 0.5) is 5.95 Å². The Hall–Kier alpha value is -3.91. The standard InChI is InChI=1S/C24H27N5O8S/c1-12-5-7-16(8-6-12)38-11-26-24-27-21-18(22(33)28-24)25-10-29(21)23-20(36-15(4)32)19(35-14(3)31)17(37-23)9-34-13(2)30/h5-8,10,17,19-20,23H,9,11H2,1-4H3,(H2,26,27,28,33)/t17-,19-,20-,23-/m1/s1. The molecule has 4 atom stereocenters. The van der Waals surface area contributed by atoms with E-state index >= 15 is 0 Å². The number of carbonyl (C=O) groups excluding carboxylic acids is 3. The number of nitrogens with one attached hydrogen (secondary N) is 2. The highest BCUT2D eigenvalue weighted by Crippen LogP contribution is 2.35. The Kier molecular flexibility index (Phi) is 8.32. The molecular weight excluding hydrogens is 518 g/mol. The van der Waals surface area contributed by atoms with Crippen LogP contribution in [0, 0.1) is 6.92 Å². The van der Waals surface area contributed by atoms with E-state index in [-0.39, 0.29) is 23.7 Å². The van der Waals surface area contributed by atoms with Crippen molar-refractivity contribution in [2.24, 2.45) is 0 Å². The highest BCUT2D eigenvalue weighted by molar-refractivity contribution is 7.99. The van der Waals surface area contributed by atoms with Gasteiger partial charge in [-0.2, -0.15) is 4.98 Å². The normalized spacial score (nSPS) is 20.7. The summed E-state index contributed by atoms with van der Waals surface area (Å²) in [7, 11) is 0. The highest BCUT2D eigenvalue weighted by atomic mass is 32.2. The van der Waals surface area contributed by atoms with Crippen molar-refractivity contribution in [3.05, 3.63) is 46.5 Å². The number of rotatable bonds is 9. The number of aryl methyl sites for hydroxylation is 1. The van der Waals surface area contributed by atoms with Crippen molar-refractivity contribution in [2.75, 3.05) is 17.8 Å². The molecule has 38 heavy (non-hydrogen) atoms. The zero-order chi connectivity index (χ0) is 27.4. The summed E-state index contributed by atoms with van der Waals surface area (Å²) in [5.74, 6) is -1.26. The van der Waals surface area contributed by atoms with Crippen LogP contribution in [0.3, 0.4) is 0 Å². The molecule has 3 heterocycles. The van der Waals surface area contributed by atoms with Crippen molar-refractivity contribution >= 4 is 46.8 Å². The first-order chi connectivity index (χ1) is 18.1. The number of fused-ring (bicyclic) bond motifs is 1. The van der Waals surface area contributed by atoms with Gasteiger partial charge in [-0.3, -0.25) is 28.7 Å². The van der Waals surface area contributed by atoms with E-state index in [4.69, 9.17) is 18.9 Å². The third-order valence-electron chi connectivity index (χ3n) is 5.55. The van der Waals surface area contributed by atoms with Gasteiger partial charge in [0.15, 0.2) is 29.6 Å². The molecular formula is C24H27N5O8S. The molecule has 0 saturated carbocycles. The first-order valence-electron chi connectivity index (χ1n) is 11.7. The van der Waals surface area contributed by atoms with E-state index < -0.39 is 48.0 Å². The summed E-state index contributed by atoms with van der Waals surface area (Å²) in [5, 5.41) is 3.07. The van der Waals surface area contributed by atoms with Crippen LogP contribution in [0.25, 0.3) is 11.2 Å². The van der Waals surface area contributed by atoms with Crippen molar-refractivity contribution < 1.29 is 33.3 Å². The maximum absolute atomic E-state index is 12.7. The molecule has 0 radical (unpaired) electrons. The van der Waals surface area contributed by atoms with Gasteiger partial charge in [-0.05, 0) is 19.1 Å². The summed E-state index contributed by atoms with van der Waals surface area (Å²) in [6, 6.07) is 8.00. The number of aromatic nitrogens is 4. The summed E-state index contributed by atoms with van der Waals surface area (Å²) in [5.41, 5.74) is 0.832. The van der Waals surface area contributed by atoms with Gasteiger partial charge in [0.05, 0.1) is 12.2 Å². The predicted molar refractivity (Wildman–Crippen MR) is 135 cm³/mol. The molecule has 0 spiro atoms. The van der Waals surface area contributed by atoms with Gasteiger partial charge >= 0.3 is 17.9 Å². The average Bonchev–Trinajstić information content (AvgIpc) is 3.40. The van der Waals surface area contributed by atoms with Gasteiger partial charge in [-0.1, -0.05) is 17.7 Å². The SMILES string of the molecule is CC(=O)OC[C@H]1O[C@@H](n2cnc3c(=O)[nH]c(NCSc4ccc(C)cc4)nc32)[C@H](OC(C)=O)[C@@H]1OC(C)=O. The Bertz CT molecular complexity index is 1390. The summed E-state index contributed by atoms with van der Waals surface area (Å²) in [6.07, 6.45) is -2.96. The minimum absolute atomic E-state index is 0.0272. The molecule has 1 aromatic carbocycles. The quantitative estimate of drug-likeness (QED) is 0.174. The van der Waals surface area contributed by atoms with Crippen molar-refractivity contribution in [3.8, 4) is 0 Å². The number of H-pyrrole nitrogens is 1. The van der Waals surface area contributed by atoms with Crippen LogP contribution in [-0.4, -0.2) is 68.2 Å². The molecule has 1 fully saturated rings. The monoisotopic (exact) mass is 545 g/mol. The predicted octanol–water partition coefficient (Wildman–Crippen LogP) is 1.91. The lowest BCUT2D eigenvalue weighted by molar-refractivity contribution is -0.166. The molecule has 2 aromatic heterocycles. The third kappa shape index (κ3) is 6.31. The fourth-order valence-electron chi connectivity index (χ4n) is 3.94. The van der Waals surface area contributed by atoms with Gasteiger partial charge in [-0.25, -0.2) is 4.98 Å². The van der Waals surface area contributed by atoms with Gasteiger partial charge in [0.2, 0.25) is 5.95 Å². The zero-order valence-corrected chi connectivity index (χ0v) is 21.9. The molecule has 0 unspecified atom stereocenters. The minimum Gasteiger partial charge on any atom is -0.463 e. The van der Waals surface area contributed by atoms with E-state index in [1.807, 2.05) is 31.2 Å². The Balaban J connectivity index is 1.63. The number of hydrogen-bond acceptors (Lipinski definition) is 12. The zero-order valence-electron chi connectivity index (χ0n) is 21.1. The second kappa shape index (κ2) is 11.6. The Morgan fingerprint density at radius 3 is 2.42 bits per heavy atom. The number of benzene rings is 1. The number of carbonyl (C=O) groups is 3. The van der Waals surface area contributed by atoms with Crippen LogP contribution in [0.1, 0.15) is 32.6 Å². The number of anilines is 1. The average molecular weight is 546 g/mol. The van der Waals surface area contributed by atoms with E-state index in [1.54, 1.807) is 0 Å². The van der Waals surface area contributed by atoms with Crippen molar-refractivity contribution in [3.63, 3.8) is 0 Å².